The summed E-state index contributed by atoms with van der Waals surface area (Å²) in [6.07, 6.45) is 1.32. The quantitative estimate of drug-likeness (QED) is 0.606. The molecule has 2 aromatic rings. The van der Waals surface area contributed by atoms with Gasteiger partial charge in [-0.1, -0.05) is 24.3 Å². The van der Waals surface area contributed by atoms with Crippen LogP contribution in [0, 0.1) is 0 Å². The van der Waals surface area contributed by atoms with Gasteiger partial charge in [-0.15, -0.1) is 24.8 Å². The van der Waals surface area contributed by atoms with Gasteiger partial charge >= 0.3 is 0 Å². The minimum absolute atomic E-state index is 0. The minimum atomic E-state index is -0.620. The second-order valence-electron chi connectivity index (χ2n) is 9.44. The van der Waals surface area contributed by atoms with E-state index in [1.54, 1.807) is 11.0 Å². The summed E-state index contributed by atoms with van der Waals surface area (Å²) in [5, 5.41) is 14.1. The summed E-state index contributed by atoms with van der Waals surface area (Å²) < 4.78 is 12.1. The molecule has 0 spiro atoms. The third kappa shape index (κ3) is 6.60. The van der Waals surface area contributed by atoms with Gasteiger partial charge < -0.3 is 24.8 Å². The summed E-state index contributed by atoms with van der Waals surface area (Å²) in [6.45, 7) is 6.78. The second-order valence-corrected chi connectivity index (χ2v) is 9.44. The maximum atomic E-state index is 13.3. The van der Waals surface area contributed by atoms with Crippen molar-refractivity contribution in [2.24, 2.45) is 0 Å². The third-order valence-electron chi connectivity index (χ3n) is 6.70. The fourth-order valence-electron chi connectivity index (χ4n) is 5.07. The monoisotopic (exact) mass is 523 g/mol. The van der Waals surface area contributed by atoms with E-state index in [2.05, 4.69) is 34.5 Å². The minimum Gasteiger partial charge on any atom is -0.489 e. The third-order valence-corrected chi connectivity index (χ3v) is 6.70. The number of β-amino-alcohol motifs (C(OH)–C–C–N with tert-alkyl or cyclic N) is 1. The highest BCUT2D eigenvalue weighted by molar-refractivity contribution is 5.97. The van der Waals surface area contributed by atoms with Crippen molar-refractivity contribution in [2.45, 2.75) is 44.6 Å². The van der Waals surface area contributed by atoms with Crippen LogP contribution in [-0.4, -0.2) is 78.4 Å². The number of fused-ring (bicyclic) bond motifs is 2. The van der Waals surface area contributed by atoms with Gasteiger partial charge in [-0.25, -0.2) is 0 Å². The highest BCUT2D eigenvalue weighted by Gasteiger charge is 2.30. The molecule has 3 aliphatic rings. The largest absolute Gasteiger partial charge is 0.489 e. The molecule has 2 N–H and O–H groups in total. The molecule has 0 unspecified atom stereocenters. The lowest BCUT2D eigenvalue weighted by Gasteiger charge is -2.32. The van der Waals surface area contributed by atoms with Crippen molar-refractivity contribution in [3.05, 3.63) is 59.2 Å². The predicted octanol–water partition coefficient (Wildman–Crippen LogP) is 2.91. The molecule has 1 saturated heterocycles. The van der Waals surface area contributed by atoms with Crippen molar-refractivity contribution in [1.82, 2.24) is 15.1 Å². The molecule has 3 heterocycles. The molecule has 5 rings (SSSR count). The summed E-state index contributed by atoms with van der Waals surface area (Å²) in [4.78, 5) is 17.3. The van der Waals surface area contributed by atoms with Crippen LogP contribution >= 0.6 is 24.8 Å². The highest BCUT2D eigenvalue weighted by atomic mass is 35.5. The molecule has 9 heteroatoms. The Kier molecular flexibility index (Phi) is 9.67. The molecule has 35 heavy (non-hydrogen) atoms. The zero-order chi connectivity index (χ0) is 22.8. The van der Waals surface area contributed by atoms with Gasteiger partial charge in [-0.05, 0) is 49.6 Å². The molecular formula is C26H35Cl2N3O4. The van der Waals surface area contributed by atoms with Crippen molar-refractivity contribution < 1.29 is 19.4 Å². The van der Waals surface area contributed by atoms with Crippen LogP contribution in [0.25, 0.3) is 0 Å². The van der Waals surface area contributed by atoms with Crippen molar-refractivity contribution >= 4 is 30.7 Å². The summed E-state index contributed by atoms with van der Waals surface area (Å²) in [7, 11) is 0. The molecule has 0 aliphatic carbocycles. The molecule has 2 aromatic carbocycles. The van der Waals surface area contributed by atoms with Gasteiger partial charge in [0.15, 0.2) is 0 Å². The Morgan fingerprint density at radius 2 is 1.97 bits per heavy atom. The number of rotatable bonds is 6. The van der Waals surface area contributed by atoms with Crippen LogP contribution in [0.1, 0.15) is 34.8 Å². The van der Waals surface area contributed by atoms with Crippen LogP contribution in [0.2, 0.25) is 0 Å². The Morgan fingerprint density at radius 1 is 1.17 bits per heavy atom. The van der Waals surface area contributed by atoms with Gasteiger partial charge in [0.2, 0.25) is 0 Å². The second kappa shape index (κ2) is 12.3. The first-order valence-corrected chi connectivity index (χ1v) is 12.0. The fraction of sp³-hybridized carbons (Fsp3) is 0.500. The number of carbonyl (C=O) groups is 1. The van der Waals surface area contributed by atoms with Crippen LogP contribution in [0.3, 0.4) is 0 Å². The van der Waals surface area contributed by atoms with E-state index in [-0.39, 0.29) is 49.5 Å². The van der Waals surface area contributed by atoms with Gasteiger partial charge in [0.1, 0.15) is 23.7 Å². The number of halogens is 2. The predicted molar refractivity (Wildman–Crippen MR) is 140 cm³/mol. The molecule has 0 bridgehead atoms. The maximum Gasteiger partial charge on any atom is 0.257 e. The number of nitrogens with one attached hydrogen (secondary N) is 1. The first-order valence-electron chi connectivity index (χ1n) is 12.0. The first kappa shape index (κ1) is 27.6. The normalized spacial score (nSPS) is 22.6. The van der Waals surface area contributed by atoms with Crippen LogP contribution in [0.15, 0.2) is 42.5 Å². The number of aliphatic hydroxyl groups excluding tert-OH is 1. The smallest absolute Gasteiger partial charge is 0.257 e. The van der Waals surface area contributed by atoms with Crippen molar-refractivity contribution in [3.63, 3.8) is 0 Å². The van der Waals surface area contributed by atoms with Gasteiger partial charge in [0.05, 0.1) is 18.2 Å². The number of hydrogen-bond donors (Lipinski definition) is 2. The maximum absolute atomic E-state index is 13.3. The van der Waals surface area contributed by atoms with Crippen LogP contribution < -0.4 is 14.8 Å². The molecule has 192 valence electrons. The number of ether oxygens (including phenoxy) is 2. The van der Waals surface area contributed by atoms with Crippen molar-refractivity contribution in [2.75, 3.05) is 39.3 Å². The molecule has 1 amide bonds. The Hall–Kier alpha value is -2.03. The topological polar surface area (TPSA) is 74.3 Å². The average molecular weight is 524 g/mol. The Morgan fingerprint density at radius 3 is 2.74 bits per heavy atom. The summed E-state index contributed by atoms with van der Waals surface area (Å²) in [5.41, 5.74) is 3.24. The van der Waals surface area contributed by atoms with Crippen LogP contribution in [-0.2, 0) is 13.0 Å². The van der Waals surface area contributed by atoms with E-state index in [9.17, 15) is 9.90 Å². The zero-order valence-corrected chi connectivity index (χ0v) is 21.7. The molecule has 0 radical (unpaired) electrons. The summed E-state index contributed by atoms with van der Waals surface area (Å²) in [6, 6.07) is 13.9. The Balaban J connectivity index is 0.00000171. The highest BCUT2D eigenvalue weighted by Crippen LogP contribution is 2.30. The van der Waals surface area contributed by atoms with Crippen molar-refractivity contribution in [3.8, 4) is 11.5 Å². The lowest BCUT2D eigenvalue weighted by Crippen LogP contribution is -2.45. The number of amides is 1. The SMILES string of the molecule is C[C@@H]1CN(C[C@H](O)CN2CCc3ccccc3C2)C(=O)c2ccc(O[C@H]3CCNC3)cc2O1.Cl.Cl. The van der Waals surface area contributed by atoms with E-state index >= 15 is 0 Å². The average Bonchev–Trinajstić information content (AvgIpc) is 3.27. The van der Waals surface area contributed by atoms with Gasteiger partial charge in [0, 0.05) is 38.8 Å². The summed E-state index contributed by atoms with van der Waals surface area (Å²) >= 11 is 0. The lowest BCUT2D eigenvalue weighted by atomic mass is 10.00. The van der Waals surface area contributed by atoms with Crippen LogP contribution in [0.4, 0.5) is 0 Å². The lowest BCUT2D eigenvalue weighted by molar-refractivity contribution is 0.0454. The number of carbonyl (C=O) groups excluding carboxylic acids is 1. The van der Waals surface area contributed by atoms with Gasteiger partial charge in [-0.2, -0.15) is 0 Å². The number of aliphatic hydroxyl groups is 1. The van der Waals surface area contributed by atoms with Crippen molar-refractivity contribution in [1.29, 1.82) is 0 Å². The van der Waals surface area contributed by atoms with E-state index in [4.69, 9.17) is 9.47 Å². The standard InChI is InChI=1S/C26H33N3O4.2ClH/c1-18-14-29(17-21(30)16-28-11-9-19-4-2-3-5-20(19)15-28)26(31)24-7-6-22(12-25(24)32-18)33-23-8-10-27-13-23;;/h2-7,12,18,21,23,27,30H,8-11,13-17H2,1H3;2*1H/t18-,21-,23+;;/m1../s1. The molecular weight excluding hydrogens is 489 g/mol. The van der Waals surface area contributed by atoms with Gasteiger partial charge in [-0.3, -0.25) is 9.69 Å². The zero-order valence-electron chi connectivity index (χ0n) is 20.0. The Bertz CT molecular complexity index is 1000. The molecule has 3 atom stereocenters. The number of hydrogen-bond acceptors (Lipinski definition) is 6. The van der Waals surface area contributed by atoms with Gasteiger partial charge in [0.25, 0.3) is 5.91 Å². The van der Waals surface area contributed by atoms with E-state index in [0.717, 1.165) is 44.8 Å². The van der Waals surface area contributed by atoms with E-state index in [1.807, 2.05) is 19.1 Å². The fourth-order valence-corrected chi connectivity index (χ4v) is 5.07. The molecule has 0 saturated carbocycles. The Labute approximate surface area is 219 Å². The molecule has 1 fully saturated rings. The molecule has 3 aliphatic heterocycles. The van der Waals surface area contributed by atoms with E-state index in [1.165, 1.54) is 11.1 Å². The van der Waals surface area contributed by atoms with E-state index < -0.39 is 6.10 Å². The van der Waals surface area contributed by atoms with Crippen LogP contribution in [0.5, 0.6) is 11.5 Å². The molecule has 0 aromatic heterocycles. The number of benzene rings is 2. The molecule has 7 nitrogen and oxygen atoms in total. The first-order chi connectivity index (χ1) is 16.0. The summed E-state index contributed by atoms with van der Waals surface area (Å²) in [5.74, 6) is 1.17. The number of nitrogens with zero attached hydrogens (tertiary/aromatic N) is 2. The van der Waals surface area contributed by atoms with E-state index in [0.29, 0.717) is 24.4 Å².